The SMILES string of the molecule is Nc1ccc(-c2ccc([N+](=O)[O-])cc2)cn1. The number of hydrogen-bond donors (Lipinski definition) is 1. The zero-order valence-corrected chi connectivity index (χ0v) is 8.33. The van der Waals surface area contributed by atoms with Crippen molar-refractivity contribution in [1.29, 1.82) is 0 Å². The minimum Gasteiger partial charge on any atom is -0.384 e. The van der Waals surface area contributed by atoms with Gasteiger partial charge in [0.15, 0.2) is 0 Å². The molecule has 16 heavy (non-hydrogen) atoms. The molecule has 0 unspecified atom stereocenters. The van der Waals surface area contributed by atoms with Crippen LogP contribution in [-0.4, -0.2) is 9.91 Å². The molecule has 0 aliphatic rings. The molecule has 5 heteroatoms. The van der Waals surface area contributed by atoms with Crippen LogP contribution in [0.2, 0.25) is 0 Å². The third kappa shape index (κ3) is 1.98. The summed E-state index contributed by atoms with van der Waals surface area (Å²) in [7, 11) is 0. The lowest BCUT2D eigenvalue weighted by atomic mass is 10.1. The van der Waals surface area contributed by atoms with Crippen LogP contribution in [0.1, 0.15) is 0 Å². The van der Waals surface area contributed by atoms with Crippen molar-refractivity contribution < 1.29 is 4.92 Å². The molecule has 0 saturated heterocycles. The van der Waals surface area contributed by atoms with Gasteiger partial charge in [0, 0.05) is 23.9 Å². The zero-order valence-electron chi connectivity index (χ0n) is 8.33. The summed E-state index contributed by atoms with van der Waals surface area (Å²) < 4.78 is 0. The standard InChI is InChI=1S/C11H9N3O2/c12-11-6-3-9(7-13-11)8-1-4-10(5-2-8)14(15)16/h1-7H,(H2,12,13). The van der Waals surface area contributed by atoms with Gasteiger partial charge in [-0.2, -0.15) is 0 Å². The van der Waals surface area contributed by atoms with E-state index in [1.165, 1.54) is 12.1 Å². The number of nitrogens with zero attached hydrogens (tertiary/aromatic N) is 2. The topological polar surface area (TPSA) is 82.0 Å². The predicted octanol–water partition coefficient (Wildman–Crippen LogP) is 2.24. The molecule has 0 aliphatic heterocycles. The maximum atomic E-state index is 10.5. The maximum absolute atomic E-state index is 10.5. The Bertz CT molecular complexity index is 506. The molecule has 5 nitrogen and oxygen atoms in total. The van der Waals surface area contributed by atoms with Gasteiger partial charge in [-0.1, -0.05) is 0 Å². The number of non-ortho nitro benzene ring substituents is 1. The third-order valence-corrected chi connectivity index (χ3v) is 2.20. The molecule has 0 saturated carbocycles. The number of anilines is 1. The highest BCUT2D eigenvalue weighted by Gasteiger charge is 2.04. The normalized spacial score (nSPS) is 10.0. The fourth-order valence-electron chi connectivity index (χ4n) is 1.35. The number of nitro groups is 1. The molecular weight excluding hydrogens is 206 g/mol. The zero-order chi connectivity index (χ0) is 11.5. The molecule has 1 aromatic heterocycles. The highest BCUT2D eigenvalue weighted by molar-refractivity contribution is 5.64. The van der Waals surface area contributed by atoms with Gasteiger partial charge in [-0.15, -0.1) is 0 Å². The van der Waals surface area contributed by atoms with Crippen LogP contribution in [0.25, 0.3) is 11.1 Å². The van der Waals surface area contributed by atoms with Gasteiger partial charge in [-0.25, -0.2) is 4.98 Å². The second kappa shape index (κ2) is 3.98. The van der Waals surface area contributed by atoms with Gasteiger partial charge in [0.05, 0.1) is 4.92 Å². The lowest BCUT2D eigenvalue weighted by Crippen LogP contribution is -1.90. The van der Waals surface area contributed by atoms with Crippen molar-refractivity contribution in [3.8, 4) is 11.1 Å². The minimum atomic E-state index is -0.426. The lowest BCUT2D eigenvalue weighted by molar-refractivity contribution is -0.384. The quantitative estimate of drug-likeness (QED) is 0.615. The molecule has 0 atom stereocenters. The molecule has 2 N–H and O–H groups in total. The largest absolute Gasteiger partial charge is 0.384 e. The van der Waals surface area contributed by atoms with Gasteiger partial charge in [-0.05, 0) is 29.8 Å². The van der Waals surface area contributed by atoms with Crippen molar-refractivity contribution in [3.05, 3.63) is 52.7 Å². The Morgan fingerprint density at radius 3 is 2.19 bits per heavy atom. The van der Waals surface area contributed by atoms with Crippen LogP contribution < -0.4 is 5.73 Å². The van der Waals surface area contributed by atoms with Crippen LogP contribution in [0.5, 0.6) is 0 Å². The Morgan fingerprint density at radius 2 is 1.69 bits per heavy atom. The molecule has 1 heterocycles. The number of hydrogen-bond acceptors (Lipinski definition) is 4. The molecular formula is C11H9N3O2. The van der Waals surface area contributed by atoms with E-state index in [0.29, 0.717) is 5.82 Å². The summed E-state index contributed by atoms with van der Waals surface area (Å²) in [4.78, 5) is 14.0. The predicted molar refractivity (Wildman–Crippen MR) is 60.7 cm³/mol. The van der Waals surface area contributed by atoms with E-state index in [2.05, 4.69) is 4.98 Å². The maximum Gasteiger partial charge on any atom is 0.269 e. The third-order valence-electron chi connectivity index (χ3n) is 2.20. The first kappa shape index (κ1) is 10.1. The van der Waals surface area contributed by atoms with Crippen LogP contribution in [0, 0.1) is 10.1 Å². The van der Waals surface area contributed by atoms with Crippen LogP contribution in [0.4, 0.5) is 11.5 Å². The van der Waals surface area contributed by atoms with Crippen molar-refractivity contribution >= 4 is 11.5 Å². The molecule has 0 bridgehead atoms. The summed E-state index contributed by atoms with van der Waals surface area (Å²) in [5.74, 6) is 0.450. The van der Waals surface area contributed by atoms with Crippen molar-refractivity contribution in [2.75, 3.05) is 5.73 Å². The molecule has 0 fully saturated rings. The van der Waals surface area contributed by atoms with E-state index in [9.17, 15) is 10.1 Å². The Hall–Kier alpha value is -2.43. The summed E-state index contributed by atoms with van der Waals surface area (Å²) in [6, 6.07) is 9.81. The van der Waals surface area contributed by atoms with Crippen LogP contribution in [-0.2, 0) is 0 Å². The van der Waals surface area contributed by atoms with Gasteiger partial charge >= 0.3 is 0 Å². The first-order valence-electron chi connectivity index (χ1n) is 4.63. The number of nitrogen functional groups attached to an aromatic ring is 1. The monoisotopic (exact) mass is 215 g/mol. The average Bonchev–Trinajstić information content (AvgIpc) is 2.30. The average molecular weight is 215 g/mol. The van der Waals surface area contributed by atoms with E-state index in [1.807, 2.05) is 6.07 Å². The van der Waals surface area contributed by atoms with E-state index in [-0.39, 0.29) is 5.69 Å². The molecule has 0 aliphatic carbocycles. The highest BCUT2D eigenvalue weighted by atomic mass is 16.6. The Labute approximate surface area is 91.7 Å². The summed E-state index contributed by atoms with van der Waals surface area (Å²) in [6.45, 7) is 0. The van der Waals surface area contributed by atoms with Crippen molar-refractivity contribution in [2.24, 2.45) is 0 Å². The number of benzene rings is 1. The number of pyridine rings is 1. The van der Waals surface area contributed by atoms with E-state index >= 15 is 0 Å². The summed E-state index contributed by atoms with van der Waals surface area (Å²) in [6.07, 6.45) is 1.64. The smallest absolute Gasteiger partial charge is 0.269 e. The lowest BCUT2D eigenvalue weighted by Gasteiger charge is -2.00. The van der Waals surface area contributed by atoms with Crippen LogP contribution >= 0.6 is 0 Å². The fraction of sp³-hybridized carbons (Fsp3) is 0. The fourth-order valence-corrected chi connectivity index (χ4v) is 1.35. The number of nitro benzene ring substituents is 1. The van der Waals surface area contributed by atoms with Crippen molar-refractivity contribution in [3.63, 3.8) is 0 Å². The highest BCUT2D eigenvalue weighted by Crippen LogP contribution is 2.21. The van der Waals surface area contributed by atoms with Crippen LogP contribution in [0.3, 0.4) is 0 Å². The molecule has 0 radical (unpaired) electrons. The van der Waals surface area contributed by atoms with Gasteiger partial charge in [-0.3, -0.25) is 10.1 Å². The second-order valence-electron chi connectivity index (χ2n) is 3.28. The van der Waals surface area contributed by atoms with Gasteiger partial charge in [0.1, 0.15) is 5.82 Å². The van der Waals surface area contributed by atoms with Gasteiger partial charge in [0.2, 0.25) is 0 Å². The number of rotatable bonds is 2. The Balaban J connectivity index is 2.34. The second-order valence-corrected chi connectivity index (χ2v) is 3.28. The minimum absolute atomic E-state index is 0.0761. The number of aromatic nitrogens is 1. The van der Waals surface area contributed by atoms with Gasteiger partial charge in [0.25, 0.3) is 5.69 Å². The summed E-state index contributed by atoms with van der Waals surface area (Å²) in [5, 5.41) is 10.5. The van der Waals surface area contributed by atoms with Crippen LogP contribution in [0.15, 0.2) is 42.6 Å². The molecule has 0 amide bonds. The number of nitrogens with two attached hydrogens (primary N) is 1. The van der Waals surface area contributed by atoms with E-state index in [0.717, 1.165) is 11.1 Å². The summed E-state index contributed by atoms with van der Waals surface area (Å²) >= 11 is 0. The molecule has 2 rings (SSSR count). The first-order chi connectivity index (χ1) is 7.66. The van der Waals surface area contributed by atoms with E-state index in [4.69, 9.17) is 5.73 Å². The van der Waals surface area contributed by atoms with Crippen molar-refractivity contribution in [2.45, 2.75) is 0 Å². The Morgan fingerprint density at radius 1 is 1.06 bits per heavy atom. The Kier molecular flexibility index (Phi) is 2.51. The first-order valence-corrected chi connectivity index (χ1v) is 4.63. The molecule has 0 spiro atoms. The summed E-state index contributed by atoms with van der Waals surface area (Å²) in [5.41, 5.74) is 7.30. The van der Waals surface area contributed by atoms with Gasteiger partial charge < -0.3 is 5.73 Å². The molecule has 80 valence electrons. The van der Waals surface area contributed by atoms with Crippen molar-refractivity contribution in [1.82, 2.24) is 4.98 Å². The van der Waals surface area contributed by atoms with E-state index in [1.54, 1.807) is 24.4 Å². The van der Waals surface area contributed by atoms with E-state index < -0.39 is 4.92 Å². The molecule has 2 aromatic rings. The molecule has 1 aromatic carbocycles.